The standard InChI is InChI=1S/C17H34NO8P/c1-6-7-8-9-10-17(20)26-16(13-23-15(2)19)14-25-27(21,22)24-12-11-18(3,4)5/h16H,6-14H2,1-5H3/p+1. The van der Waals surface area contributed by atoms with Crippen molar-refractivity contribution < 1.29 is 42.1 Å². The summed E-state index contributed by atoms with van der Waals surface area (Å²) in [6.45, 7) is 3.16. The molecule has 10 heteroatoms. The van der Waals surface area contributed by atoms with Gasteiger partial charge in [-0.25, -0.2) is 4.57 Å². The van der Waals surface area contributed by atoms with E-state index in [1.165, 1.54) is 6.92 Å². The zero-order valence-electron chi connectivity index (χ0n) is 17.1. The number of phosphoric acid groups is 1. The first-order valence-corrected chi connectivity index (χ1v) is 10.7. The van der Waals surface area contributed by atoms with E-state index < -0.39 is 32.5 Å². The number of rotatable bonds is 15. The molecule has 0 amide bonds. The topological polar surface area (TPSA) is 108 Å². The molecule has 27 heavy (non-hydrogen) atoms. The van der Waals surface area contributed by atoms with Crippen LogP contribution in [0.15, 0.2) is 0 Å². The molecule has 0 saturated heterocycles. The quantitative estimate of drug-likeness (QED) is 0.189. The highest BCUT2D eigenvalue weighted by atomic mass is 31.2. The van der Waals surface area contributed by atoms with Gasteiger partial charge in [-0.2, -0.15) is 0 Å². The zero-order valence-corrected chi connectivity index (χ0v) is 18.0. The van der Waals surface area contributed by atoms with Crippen molar-refractivity contribution in [2.24, 2.45) is 0 Å². The van der Waals surface area contributed by atoms with E-state index in [0.29, 0.717) is 17.4 Å². The first-order chi connectivity index (χ1) is 12.4. The first-order valence-electron chi connectivity index (χ1n) is 9.20. The van der Waals surface area contributed by atoms with Crippen LogP contribution in [0, 0.1) is 0 Å². The molecule has 0 bridgehead atoms. The van der Waals surface area contributed by atoms with E-state index in [1.54, 1.807) is 0 Å². The van der Waals surface area contributed by atoms with E-state index in [9.17, 15) is 19.0 Å². The third-order valence-electron chi connectivity index (χ3n) is 3.45. The molecular formula is C17H35NO8P+. The molecule has 1 N–H and O–H groups in total. The molecule has 0 spiro atoms. The van der Waals surface area contributed by atoms with Gasteiger partial charge in [-0.05, 0) is 6.42 Å². The Kier molecular flexibility index (Phi) is 12.7. The Balaban J connectivity index is 4.46. The first kappa shape index (κ1) is 26.0. The van der Waals surface area contributed by atoms with Crippen molar-refractivity contribution in [2.75, 3.05) is 47.5 Å². The van der Waals surface area contributed by atoms with Gasteiger partial charge in [0, 0.05) is 13.3 Å². The van der Waals surface area contributed by atoms with Crippen LogP contribution in [-0.2, 0) is 32.7 Å². The molecule has 0 heterocycles. The lowest BCUT2D eigenvalue weighted by Gasteiger charge is -2.24. The Labute approximate surface area is 162 Å². The summed E-state index contributed by atoms with van der Waals surface area (Å²) in [6, 6.07) is 0. The van der Waals surface area contributed by atoms with Crippen molar-refractivity contribution in [2.45, 2.75) is 52.1 Å². The Morgan fingerprint density at radius 3 is 2.30 bits per heavy atom. The van der Waals surface area contributed by atoms with E-state index in [2.05, 4.69) is 6.92 Å². The average Bonchev–Trinajstić information content (AvgIpc) is 2.52. The van der Waals surface area contributed by atoms with Gasteiger partial charge in [-0.1, -0.05) is 26.2 Å². The lowest BCUT2D eigenvalue weighted by molar-refractivity contribution is -0.870. The molecule has 0 fully saturated rings. The fraction of sp³-hybridized carbons (Fsp3) is 0.882. The average molecular weight is 412 g/mol. The summed E-state index contributed by atoms with van der Waals surface area (Å²) in [7, 11) is 1.46. The van der Waals surface area contributed by atoms with Crippen LogP contribution in [-0.4, -0.2) is 74.9 Å². The molecule has 0 aliphatic heterocycles. The van der Waals surface area contributed by atoms with Crippen molar-refractivity contribution in [1.82, 2.24) is 0 Å². The molecule has 2 atom stereocenters. The third-order valence-corrected chi connectivity index (χ3v) is 4.43. The van der Waals surface area contributed by atoms with Crippen molar-refractivity contribution in [3.63, 3.8) is 0 Å². The summed E-state index contributed by atoms with van der Waals surface area (Å²) in [5.41, 5.74) is 0. The monoisotopic (exact) mass is 412 g/mol. The summed E-state index contributed by atoms with van der Waals surface area (Å²) in [5, 5.41) is 0. The normalized spacial score (nSPS) is 15.0. The minimum atomic E-state index is -4.30. The molecule has 0 aromatic carbocycles. The molecule has 9 nitrogen and oxygen atoms in total. The van der Waals surface area contributed by atoms with Gasteiger partial charge in [0.05, 0.1) is 27.7 Å². The highest BCUT2D eigenvalue weighted by Gasteiger charge is 2.26. The predicted octanol–water partition coefficient (Wildman–Crippen LogP) is 2.27. The smallest absolute Gasteiger partial charge is 0.462 e. The molecule has 0 aromatic heterocycles. The molecule has 160 valence electrons. The maximum atomic E-state index is 11.9. The van der Waals surface area contributed by atoms with E-state index in [0.717, 1.165) is 19.3 Å². The van der Waals surface area contributed by atoms with Crippen LogP contribution < -0.4 is 0 Å². The predicted molar refractivity (Wildman–Crippen MR) is 99.9 cm³/mol. The van der Waals surface area contributed by atoms with E-state index in [-0.39, 0.29) is 19.6 Å². The summed E-state index contributed by atoms with van der Waals surface area (Å²) in [6.07, 6.45) is 2.95. The van der Waals surface area contributed by atoms with Crippen LogP contribution >= 0.6 is 7.82 Å². The van der Waals surface area contributed by atoms with Crippen LogP contribution in [0.1, 0.15) is 46.0 Å². The number of carbonyl (C=O) groups is 2. The van der Waals surface area contributed by atoms with Crippen LogP contribution in [0.5, 0.6) is 0 Å². The summed E-state index contributed by atoms with van der Waals surface area (Å²) < 4.78 is 32.3. The summed E-state index contributed by atoms with van der Waals surface area (Å²) in [5.74, 6) is -1.02. The van der Waals surface area contributed by atoms with Gasteiger partial charge in [0.25, 0.3) is 0 Å². The number of hydrogen-bond donors (Lipinski definition) is 1. The van der Waals surface area contributed by atoms with E-state index in [4.69, 9.17) is 18.5 Å². The minimum absolute atomic E-state index is 0.0309. The molecular weight excluding hydrogens is 377 g/mol. The Morgan fingerprint density at radius 1 is 1.07 bits per heavy atom. The Morgan fingerprint density at radius 2 is 1.74 bits per heavy atom. The summed E-state index contributed by atoms with van der Waals surface area (Å²) in [4.78, 5) is 32.6. The number of carbonyl (C=O) groups excluding carboxylic acids is 2. The number of nitrogens with zero attached hydrogens (tertiary/aromatic N) is 1. The highest BCUT2D eigenvalue weighted by Crippen LogP contribution is 2.43. The van der Waals surface area contributed by atoms with Crippen molar-refractivity contribution in [3.8, 4) is 0 Å². The molecule has 2 unspecified atom stereocenters. The van der Waals surface area contributed by atoms with Crippen molar-refractivity contribution in [3.05, 3.63) is 0 Å². The van der Waals surface area contributed by atoms with Gasteiger partial charge < -0.3 is 18.9 Å². The second-order valence-electron chi connectivity index (χ2n) is 7.34. The van der Waals surface area contributed by atoms with Crippen molar-refractivity contribution >= 4 is 19.8 Å². The number of hydrogen-bond acceptors (Lipinski definition) is 7. The van der Waals surface area contributed by atoms with Gasteiger partial charge in [0.1, 0.15) is 19.8 Å². The molecule has 0 rings (SSSR count). The van der Waals surface area contributed by atoms with Crippen molar-refractivity contribution in [1.29, 1.82) is 0 Å². The van der Waals surface area contributed by atoms with Gasteiger partial charge in [-0.3, -0.25) is 18.6 Å². The maximum absolute atomic E-state index is 11.9. The van der Waals surface area contributed by atoms with Gasteiger partial charge in [-0.15, -0.1) is 0 Å². The maximum Gasteiger partial charge on any atom is 0.472 e. The molecule has 0 radical (unpaired) electrons. The van der Waals surface area contributed by atoms with Gasteiger partial charge >= 0.3 is 19.8 Å². The number of ether oxygens (including phenoxy) is 2. The van der Waals surface area contributed by atoms with E-state index >= 15 is 0 Å². The second-order valence-corrected chi connectivity index (χ2v) is 8.79. The zero-order chi connectivity index (χ0) is 20.9. The molecule has 0 aromatic rings. The molecule has 0 aliphatic carbocycles. The highest BCUT2D eigenvalue weighted by molar-refractivity contribution is 7.47. The third kappa shape index (κ3) is 16.9. The Bertz CT molecular complexity index is 492. The lowest BCUT2D eigenvalue weighted by Crippen LogP contribution is -2.37. The van der Waals surface area contributed by atoms with Crippen LogP contribution in [0.25, 0.3) is 0 Å². The Hall–Kier alpha value is -0.990. The molecule has 0 aliphatic rings. The molecule has 0 saturated carbocycles. The largest absolute Gasteiger partial charge is 0.472 e. The van der Waals surface area contributed by atoms with Gasteiger partial charge in [0.2, 0.25) is 0 Å². The fourth-order valence-electron chi connectivity index (χ4n) is 1.91. The summed E-state index contributed by atoms with van der Waals surface area (Å²) >= 11 is 0. The lowest BCUT2D eigenvalue weighted by atomic mass is 10.1. The van der Waals surface area contributed by atoms with Crippen LogP contribution in [0.4, 0.5) is 0 Å². The van der Waals surface area contributed by atoms with E-state index in [1.807, 2.05) is 21.1 Å². The SMILES string of the molecule is CCCCCCC(=O)OC(COC(C)=O)COP(=O)(O)OCC[N+](C)(C)C. The second kappa shape index (κ2) is 13.2. The van der Waals surface area contributed by atoms with Crippen LogP contribution in [0.3, 0.4) is 0 Å². The number of unbranched alkanes of at least 4 members (excludes halogenated alkanes) is 3. The van der Waals surface area contributed by atoms with Crippen LogP contribution in [0.2, 0.25) is 0 Å². The minimum Gasteiger partial charge on any atom is -0.462 e. The number of likely N-dealkylation sites (N-methyl/N-ethyl adjacent to an activating group) is 1. The van der Waals surface area contributed by atoms with Gasteiger partial charge in [0.15, 0.2) is 6.10 Å². The number of quaternary nitrogens is 1. The fourth-order valence-corrected chi connectivity index (χ4v) is 2.65. The number of phosphoric ester groups is 1. The number of esters is 2.